The Hall–Kier alpha value is -5.98. The van der Waals surface area contributed by atoms with Crippen LogP contribution in [0.2, 0.25) is 0 Å². The Bertz CT molecular complexity index is 5520. The van der Waals surface area contributed by atoms with E-state index in [1.807, 2.05) is 112 Å². The van der Waals surface area contributed by atoms with Crippen LogP contribution < -0.4 is 38.5 Å². The molecule has 0 bridgehead atoms. The first-order chi connectivity index (χ1) is 66.1. The third-order valence-corrected chi connectivity index (χ3v) is 56.2. The summed E-state index contributed by atoms with van der Waals surface area (Å²) in [6.07, 6.45) is 2.53. The summed E-state index contributed by atoms with van der Waals surface area (Å²) in [4.78, 5) is 166. The average Bonchev–Trinajstić information content (AvgIpc) is 1.63. The molecule has 4 fully saturated rings. The van der Waals surface area contributed by atoms with Gasteiger partial charge in [-0.05, 0) is 276 Å². The maximum atomic E-state index is 13.1. The standard InChI is InChI=1S/C21H29BrN2O5.C19H26BrN3O4.C19H24BrN3O3.C11H10BrNO2.C11H14BrNO2.C9H10BrNO2.C8H8O.H10P8.Pd/c1-6-28-18(26)21(5,14-9-11-15(22)12-10-14)23-17(25)16-8-7-13-24(16)19(27)29-20(2,3)4;1-18(2,3)27-17(26)23-11-5-6-14(23)15(24)22-19(4,16(21)25)12-7-9-13(20)10-8-12;1-18(2,3)26-17(25)23-11-5-6-14(23)15-21-16(24)19(4,22-15)12-7-9-13(20)10-8-12;1-11(9(14)6-10(15)13-11)7-2-4-8(12)5-3-7;1-3-15-10(14)11(2,13)8-4-6-9(12)7-5-8;1-9(11,8(12)13)6-2-4-7(10)5-3-6;1-7(9)8-5-3-2-4-6-8;1-4-6-7-8(3)5-2;/h9-12,16H,6-8,13H2,1-5H3,(H,23,25);7-10,14H,5-6,11H2,1-4H3,(H2,21,25)(H,22,24);7-10,14H,5-6,11H2,1-4H3,(H,21,22,24);2-5H,6H2,1H3,(H,13,15);4-7H,3,13H2,1-2H3;2-5H,11H2,1H3,(H,12,13);2-6H,1H3;4-7H,1-3H2;/t16-,21?;2*14-,19?;;;;;;/m000....../s1. The second kappa shape index (κ2) is 59.0. The molecule has 0 spiro atoms. The van der Waals surface area contributed by atoms with Crippen molar-refractivity contribution >= 4 is 244 Å². The Morgan fingerprint density at radius 1 is 0.517 bits per heavy atom. The van der Waals surface area contributed by atoms with Gasteiger partial charge in [0.05, 0.1) is 25.7 Å². The molecule has 45 heteroatoms. The van der Waals surface area contributed by atoms with E-state index in [-0.39, 0.29) is 69.0 Å². The molecule has 0 saturated carbocycles. The number of hydrogen-bond acceptors (Lipinski definition) is 21. The fourth-order valence-corrected chi connectivity index (χ4v) is 45.9. The Balaban J connectivity index is 0.000000352. The molecule has 784 valence electrons. The molecule has 5 heterocycles. The summed E-state index contributed by atoms with van der Waals surface area (Å²) >= 11 is 20.0. The number of nitrogens with one attached hydrogen (secondary N) is 4. The summed E-state index contributed by atoms with van der Waals surface area (Å²) in [5, 5.41) is 20.0. The van der Waals surface area contributed by atoms with Crippen molar-refractivity contribution < 1.29 is 112 Å². The number of nitrogens with zero attached hydrogens (tertiary/aromatic N) is 4. The van der Waals surface area contributed by atoms with Crippen molar-refractivity contribution in [3.8, 4) is 0 Å². The molecule has 12 rings (SSSR count). The van der Waals surface area contributed by atoms with E-state index in [4.69, 9.17) is 51.0 Å². The number of ketones is 2. The molecule has 143 heavy (non-hydrogen) atoms. The number of carbonyl (C=O) groups excluding carboxylic acids is 12. The molecule has 5 aliphatic heterocycles. The second-order valence-electron chi connectivity index (χ2n) is 36.9. The molecule has 7 aromatic carbocycles. The minimum Gasteiger partial charge on any atom is -0.480 e. The maximum Gasteiger partial charge on any atom is 0.410 e. The fourth-order valence-electron chi connectivity index (χ4n) is 14.1. The zero-order chi connectivity index (χ0) is 107. The zero-order valence-corrected chi connectivity index (χ0v) is 102. The van der Waals surface area contributed by atoms with Crippen molar-refractivity contribution in [2.24, 2.45) is 22.2 Å². The van der Waals surface area contributed by atoms with Crippen LogP contribution in [-0.4, -0.2) is 171 Å². The van der Waals surface area contributed by atoms with Crippen LogP contribution in [0, 0.1) is 0 Å². The Labute approximate surface area is 917 Å². The van der Waals surface area contributed by atoms with Crippen LogP contribution in [0.25, 0.3) is 0 Å². The Morgan fingerprint density at radius 3 is 1.23 bits per heavy atom. The van der Waals surface area contributed by atoms with E-state index in [0.29, 0.717) is 81.4 Å². The first kappa shape index (κ1) is 129. The summed E-state index contributed by atoms with van der Waals surface area (Å²) in [6.45, 7) is 33.4. The van der Waals surface area contributed by atoms with Gasteiger partial charge in [0.15, 0.2) is 22.6 Å². The predicted octanol–water partition coefficient (Wildman–Crippen LogP) is 21.7. The average molecular weight is 2600 g/mol. The molecule has 14 unspecified atom stereocenters. The van der Waals surface area contributed by atoms with Gasteiger partial charge >= 0.3 is 36.2 Å². The number of carboxylic acid groups (broad SMARTS) is 1. The van der Waals surface area contributed by atoms with Gasteiger partial charge in [0.25, 0.3) is 5.91 Å². The van der Waals surface area contributed by atoms with Crippen LogP contribution in [-0.2, 0) is 120 Å². The van der Waals surface area contributed by atoms with E-state index in [1.54, 1.807) is 187 Å². The molecule has 30 nitrogen and oxygen atoms in total. The number of halogens is 6. The fraction of sp³-hybridized carbons (Fsp3) is 0.429. The van der Waals surface area contributed by atoms with Crippen LogP contribution in [0.1, 0.15) is 213 Å². The number of rotatable bonds is 22. The molecular weight excluding hydrogens is 2470 g/mol. The van der Waals surface area contributed by atoms with Crippen molar-refractivity contribution in [1.82, 2.24) is 36.0 Å². The number of amides is 8. The van der Waals surface area contributed by atoms with Crippen LogP contribution in [0.15, 0.2) is 208 Å². The molecule has 4 saturated heterocycles. The summed E-state index contributed by atoms with van der Waals surface area (Å²) in [5.41, 5.74) is 13.2. The third kappa shape index (κ3) is 40.0. The van der Waals surface area contributed by atoms with E-state index in [0.717, 1.165) is 77.8 Å². The quantitative estimate of drug-likeness (QED) is 0.00780. The monoisotopic (exact) mass is 2590 g/mol. The zero-order valence-electron chi connectivity index (χ0n) is 83.0. The largest absolute Gasteiger partial charge is 0.480 e. The van der Waals surface area contributed by atoms with Crippen molar-refractivity contribution in [1.29, 1.82) is 0 Å². The molecule has 7 aromatic rings. The molecule has 0 radical (unpaired) electrons. The van der Waals surface area contributed by atoms with Gasteiger partial charge in [0, 0.05) is 72.5 Å². The number of ether oxygens (including phenoxy) is 5. The van der Waals surface area contributed by atoms with Crippen LogP contribution in [0.5, 0.6) is 0 Å². The molecule has 17 atom stereocenters. The van der Waals surface area contributed by atoms with Gasteiger partial charge in [0.2, 0.25) is 23.6 Å². The maximum absolute atomic E-state index is 13.1. The summed E-state index contributed by atoms with van der Waals surface area (Å²) in [5.74, 6) is -3.31. The van der Waals surface area contributed by atoms with E-state index in [2.05, 4.69) is 144 Å². The molecule has 11 N–H and O–H groups in total. The molecule has 0 aliphatic carbocycles. The number of amidine groups is 1. The molecule has 8 amide bonds. The molecular formula is C98H131Br6N11O19P8Pd. The van der Waals surface area contributed by atoms with Crippen LogP contribution >= 0.6 is 161 Å². The number of likely N-dealkylation sites (tertiary alicyclic amines) is 3. The van der Waals surface area contributed by atoms with E-state index < -0.39 is 110 Å². The van der Waals surface area contributed by atoms with E-state index in [1.165, 1.54) is 32.6 Å². The van der Waals surface area contributed by atoms with Gasteiger partial charge in [-0.15, -0.1) is 26.8 Å². The van der Waals surface area contributed by atoms with E-state index >= 15 is 0 Å². The van der Waals surface area contributed by atoms with Gasteiger partial charge < -0.3 is 67.3 Å². The topological polar surface area (TPSA) is 437 Å². The number of benzene rings is 7. The predicted molar refractivity (Wildman–Crippen MR) is 601 cm³/mol. The number of carboxylic acids is 1. The summed E-state index contributed by atoms with van der Waals surface area (Å²) < 4.78 is 31.9. The third-order valence-electron chi connectivity index (χ3n) is 22.1. The van der Waals surface area contributed by atoms with Crippen molar-refractivity contribution in [2.75, 3.05) is 32.8 Å². The minimum absolute atomic E-state index is 0. The SMILES string of the molecule is CC(=O)c1ccccc1.CC(C)(C)OC(=O)N1CCC[C@H]1C(=O)NC(C)(C(N)=O)c1ccc(Br)cc1.CC(C)(C)OC(=O)N1CCC[C@H]1C1=NC(C)(c2ccc(Br)cc2)C(=O)N1.CC(N)(C(=O)O)c1ccc(Br)cc1.CC1(c2ccc(Br)cc2)NC(=O)CC1=O.CCOC(=O)C(C)(N)c1ccc(Br)cc1.CCOC(=O)C(C)(NC(=O)[C@@H]1CCCN1C(=O)OC(C)(C)C)c1ccc(Br)cc1.PPPPP(P)PP.[Pd]. The number of primary amides is 1. The van der Waals surface area contributed by atoms with E-state index in [9.17, 15) is 62.3 Å². The van der Waals surface area contributed by atoms with Gasteiger partial charge in [-0.25, -0.2) is 33.8 Å². The first-order valence-corrected chi connectivity index (χ1v) is 64.0. The van der Waals surface area contributed by atoms with Crippen LogP contribution in [0.3, 0.4) is 0 Å². The number of esters is 2. The van der Waals surface area contributed by atoms with Gasteiger partial charge in [-0.1, -0.05) is 231 Å². The minimum atomic E-state index is -1.39. The molecule has 5 aliphatic rings. The second-order valence-corrected chi connectivity index (χ2v) is 65.3. The normalized spacial score (nSPS) is 19.4. The van der Waals surface area contributed by atoms with Gasteiger partial charge in [0.1, 0.15) is 56.9 Å². The number of carbonyl (C=O) groups is 13. The molecule has 0 aromatic heterocycles. The Kier molecular flexibility index (Phi) is 53.3. The number of nitrogens with two attached hydrogens (primary N) is 3. The number of aliphatic imine (C=N–C) groups is 1. The number of Topliss-reactive ketones (excluding diaryl/α,β-unsaturated/α-hetero) is 2. The Morgan fingerprint density at radius 2 is 0.874 bits per heavy atom. The van der Waals surface area contributed by atoms with Gasteiger partial charge in [-0.2, -0.15) is 0 Å². The summed E-state index contributed by atoms with van der Waals surface area (Å²) in [6, 6.07) is 50.8. The smallest absolute Gasteiger partial charge is 0.410 e. The van der Waals surface area contributed by atoms with Crippen molar-refractivity contribution in [3.63, 3.8) is 0 Å². The van der Waals surface area contributed by atoms with Gasteiger partial charge in [-0.3, -0.25) is 48.3 Å². The van der Waals surface area contributed by atoms with Crippen molar-refractivity contribution in [2.45, 2.75) is 238 Å². The van der Waals surface area contributed by atoms with Crippen molar-refractivity contribution in [3.05, 3.63) is 242 Å². The first-order valence-electron chi connectivity index (χ1n) is 45.0. The number of aliphatic carboxylic acids is 1. The van der Waals surface area contributed by atoms with Crippen LogP contribution in [0.4, 0.5) is 14.4 Å². The number of hydrogen-bond donors (Lipinski definition) is 8. The summed E-state index contributed by atoms with van der Waals surface area (Å²) in [7, 11) is 13.3.